The molecule has 0 aliphatic heterocycles. The van der Waals surface area contributed by atoms with Crippen molar-refractivity contribution < 1.29 is 9.53 Å². The number of rotatable bonds is 8. The Labute approximate surface area is 134 Å². The van der Waals surface area contributed by atoms with Gasteiger partial charge in [-0.2, -0.15) is 0 Å². The van der Waals surface area contributed by atoms with Crippen LogP contribution in [-0.4, -0.2) is 11.6 Å². The minimum absolute atomic E-state index is 0.142. The van der Waals surface area contributed by atoms with Crippen molar-refractivity contribution in [2.45, 2.75) is 52.1 Å². The molecule has 2 heteroatoms. The van der Waals surface area contributed by atoms with E-state index in [1.807, 2.05) is 45.0 Å². The number of hydrogen-bond donors (Lipinski definition) is 0. The average molecular weight is 298 g/mol. The third kappa shape index (κ3) is 7.13. The van der Waals surface area contributed by atoms with E-state index >= 15 is 0 Å². The molecule has 0 aromatic heterocycles. The minimum Gasteiger partial charge on any atom is -0.457 e. The number of esters is 1. The van der Waals surface area contributed by atoms with Gasteiger partial charge < -0.3 is 4.74 Å². The first-order valence-electron chi connectivity index (χ1n) is 7.86. The molecule has 0 bridgehead atoms. The van der Waals surface area contributed by atoms with Crippen molar-refractivity contribution in [3.8, 4) is 12.3 Å². The maximum Gasteiger partial charge on any atom is 0.330 e. The largest absolute Gasteiger partial charge is 0.457 e. The molecule has 22 heavy (non-hydrogen) atoms. The molecule has 0 N–H and O–H groups in total. The quantitative estimate of drug-likeness (QED) is 0.400. The van der Waals surface area contributed by atoms with Crippen molar-refractivity contribution in [2.75, 3.05) is 0 Å². The smallest absolute Gasteiger partial charge is 0.330 e. The third-order valence-corrected chi connectivity index (χ3v) is 3.76. The second-order valence-electron chi connectivity index (χ2n) is 6.06. The van der Waals surface area contributed by atoms with Gasteiger partial charge in [0.15, 0.2) is 0 Å². The monoisotopic (exact) mass is 298 g/mol. The highest BCUT2D eigenvalue weighted by Gasteiger charge is 2.18. The SMILES string of the molecule is C#C[C@@H](C/C=C/C(=O)OC(C)(C)CC)CCc1ccccc1. The van der Waals surface area contributed by atoms with Gasteiger partial charge in [0.1, 0.15) is 5.60 Å². The molecule has 0 spiro atoms. The maximum atomic E-state index is 11.7. The van der Waals surface area contributed by atoms with Crippen LogP contribution < -0.4 is 0 Å². The lowest BCUT2D eigenvalue weighted by atomic mass is 9.97. The summed E-state index contributed by atoms with van der Waals surface area (Å²) in [7, 11) is 0. The molecule has 2 nitrogen and oxygen atoms in total. The first kappa shape index (κ1) is 18.0. The topological polar surface area (TPSA) is 26.3 Å². The van der Waals surface area contributed by atoms with Gasteiger partial charge >= 0.3 is 5.97 Å². The predicted octanol–water partition coefficient (Wildman–Crippen LogP) is 4.55. The van der Waals surface area contributed by atoms with Gasteiger partial charge in [-0.15, -0.1) is 12.3 Å². The predicted molar refractivity (Wildman–Crippen MR) is 91.3 cm³/mol. The summed E-state index contributed by atoms with van der Waals surface area (Å²) in [5, 5.41) is 0. The summed E-state index contributed by atoms with van der Waals surface area (Å²) in [6.45, 7) is 5.81. The number of terminal acetylenes is 1. The van der Waals surface area contributed by atoms with Crippen molar-refractivity contribution in [1.29, 1.82) is 0 Å². The van der Waals surface area contributed by atoms with Crippen LogP contribution in [0.3, 0.4) is 0 Å². The molecule has 0 fully saturated rings. The fraction of sp³-hybridized carbons (Fsp3) is 0.450. The first-order chi connectivity index (χ1) is 10.5. The van der Waals surface area contributed by atoms with Crippen molar-refractivity contribution in [3.63, 3.8) is 0 Å². The average Bonchev–Trinajstić information content (AvgIpc) is 2.51. The van der Waals surface area contributed by atoms with Gasteiger partial charge in [-0.25, -0.2) is 4.79 Å². The van der Waals surface area contributed by atoms with Gasteiger partial charge in [0.25, 0.3) is 0 Å². The lowest BCUT2D eigenvalue weighted by Gasteiger charge is -2.22. The maximum absolute atomic E-state index is 11.7. The van der Waals surface area contributed by atoms with E-state index in [1.54, 1.807) is 0 Å². The molecule has 0 unspecified atom stereocenters. The highest BCUT2D eigenvalue weighted by molar-refractivity contribution is 5.82. The number of ether oxygens (including phenoxy) is 1. The Bertz CT molecular complexity index is 520. The summed E-state index contributed by atoms with van der Waals surface area (Å²) >= 11 is 0. The van der Waals surface area contributed by atoms with Gasteiger partial charge in [-0.3, -0.25) is 0 Å². The molecule has 0 radical (unpaired) electrons. The van der Waals surface area contributed by atoms with Gasteiger partial charge in [0.2, 0.25) is 0 Å². The van der Waals surface area contributed by atoms with Crippen molar-refractivity contribution in [1.82, 2.24) is 0 Å². The third-order valence-electron chi connectivity index (χ3n) is 3.76. The molecule has 1 aromatic carbocycles. The molecule has 0 saturated heterocycles. The van der Waals surface area contributed by atoms with Crippen molar-refractivity contribution in [2.24, 2.45) is 5.92 Å². The lowest BCUT2D eigenvalue weighted by molar-refractivity contribution is -0.150. The molecule has 0 saturated carbocycles. The van der Waals surface area contributed by atoms with Crippen LogP contribution in [0.1, 0.15) is 45.6 Å². The Kier molecular flexibility index (Phi) is 7.46. The number of carbonyl (C=O) groups is 1. The summed E-state index contributed by atoms with van der Waals surface area (Å²) in [4.78, 5) is 11.7. The Balaban J connectivity index is 2.39. The van der Waals surface area contributed by atoms with E-state index in [0.29, 0.717) is 6.42 Å². The van der Waals surface area contributed by atoms with Crippen LogP contribution >= 0.6 is 0 Å². The zero-order valence-corrected chi connectivity index (χ0v) is 13.8. The molecule has 118 valence electrons. The summed E-state index contributed by atoms with van der Waals surface area (Å²) < 4.78 is 5.35. The standard InChI is InChI=1S/C20H26O2/c1-5-17(15-16-18-11-8-7-9-12-18)13-10-14-19(21)22-20(3,4)6-2/h1,7-12,14,17H,6,13,15-16H2,2-4H3/b14-10+/t17-/m0/s1. The fourth-order valence-corrected chi connectivity index (χ4v) is 1.96. The van der Waals surface area contributed by atoms with Crippen LogP contribution in [-0.2, 0) is 16.0 Å². The van der Waals surface area contributed by atoms with Gasteiger partial charge in [0, 0.05) is 12.0 Å². The second kappa shape index (κ2) is 9.10. The van der Waals surface area contributed by atoms with Crippen LogP contribution in [0.4, 0.5) is 0 Å². The molecule has 1 rings (SSSR count). The summed E-state index contributed by atoms with van der Waals surface area (Å²) in [5.41, 5.74) is 0.871. The van der Waals surface area contributed by atoms with Crippen LogP contribution in [0.2, 0.25) is 0 Å². The van der Waals surface area contributed by atoms with Gasteiger partial charge in [-0.1, -0.05) is 43.3 Å². The Morgan fingerprint density at radius 1 is 1.36 bits per heavy atom. The number of hydrogen-bond acceptors (Lipinski definition) is 2. The van der Waals surface area contributed by atoms with Crippen LogP contribution in [0.25, 0.3) is 0 Å². The van der Waals surface area contributed by atoms with E-state index in [9.17, 15) is 4.79 Å². The molecule has 0 heterocycles. The summed E-state index contributed by atoms with van der Waals surface area (Å²) in [5.74, 6) is 2.64. The number of benzene rings is 1. The Morgan fingerprint density at radius 2 is 2.05 bits per heavy atom. The summed E-state index contributed by atoms with van der Waals surface area (Å²) in [6, 6.07) is 10.3. The van der Waals surface area contributed by atoms with E-state index in [4.69, 9.17) is 11.2 Å². The number of aryl methyl sites for hydroxylation is 1. The minimum atomic E-state index is -0.416. The lowest BCUT2D eigenvalue weighted by Crippen LogP contribution is -2.25. The fourth-order valence-electron chi connectivity index (χ4n) is 1.96. The van der Waals surface area contributed by atoms with E-state index in [2.05, 4.69) is 18.1 Å². The molecule has 1 aromatic rings. The van der Waals surface area contributed by atoms with E-state index in [1.165, 1.54) is 11.6 Å². The molecule has 0 aliphatic carbocycles. The highest BCUT2D eigenvalue weighted by Crippen LogP contribution is 2.15. The molecular formula is C20H26O2. The molecular weight excluding hydrogens is 272 g/mol. The second-order valence-corrected chi connectivity index (χ2v) is 6.06. The first-order valence-corrected chi connectivity index (χ1v) is 7.86. The van der Waals surface area contributed by atoms with Gasteiger partial charge in [-0.05, 0) is 45.1 Å². The molecule has 0 aliphatic rings. The van der Waals surface area contributed by atoms with Crippen molar-refractivity contribution in [3.05, 3.63) is 48.0 Å². The van der Waals surface area contributed by atoms with Crippen LogP contribution in [0.15, 0.2) is 42.5 Å². The molecule has 1 atom stereocenters. The zero-order chi connectivity index (χ0) is 16.4. The summed E-state index contributed by atoms with van der Waals surface area (Å²) in [6.07, 6.45) is 12.3. The highest BCUT2D eigenvalue weighted by atomic mass is 16.6. The van der Waals surface area contributed by atoms with Crippen molar-refractivity contribution >= 4 is 5.97 Å². The molecule has 0 amide bonds. The Hall–Kier alpha value is -2.01. The van der Waals surface area contributed by atoms with Crippen LogP contribution in [0, 0.1) is 18.3 Å². The van der Waals surface area contributed by atoms with Gasteiger partial charge in [0.05, 0.1) is 0 Å². The van der Waals surface area contributed by atoms with E-state index in [-0.39, 0.29) is 11.9 Å². The number of carbonyl (C=O) groups excluding carboxylic acids is 1. The van der Waals surface area contributed by atoms with E-state index in [0.717, 1.165) is 19.3 Å². The Morgan fingerprint density at radius 3 is 2.64 bits per heavy atom. The normalized spacial score (nSPS) is 12.8. The van der Waals surface area contributed by atoms with Crippen LogP contribution in [0.5, 0.6) is 0 Å². The number of allylic oxidation sites excluding steroid dienone is 1. The van der Waals surface area contributed by atoms with E-state index < -0.39 is 5.60 Å². The zero-order valence-electron chi connectivity index (χ0n) is 13.8.